The Morgan fingerprint density at radius 3 is 2.92 bits per heavy atom. The van der Waals surface area contributed by atoms with Crippen molar-refractivity contribution < 1.29 is 14.3 Å². The lowest BCUT2D eigenvalue weighted by molar-refractivity contribution is -0.119. The van der Waals surface area contributed by atoms with Crippen molar-refractivity contribution in [1.82, 2.24) is 20.1 Å². The molecule has 0 spiro atoms. The number of ether oxygens (including phenoxy) is 2. The number of para-hydroxylation sites is 2. The molecule has 7 nitrogen and oxygen atoms in total. The minimum Gasteiger partial charge on any atom is -0.486 e. The van der Waals surface area contributed by atoms with Gasteiger partial charge in [-0.2, -0.15) is 0 Å². The Morgan fingerprint density at radius 2 is 2.12 bits per heavy atom. The monoisotopic (exact) mass is 360 g/mol. The van der Waals surface area contributed by atoms with Gasteiger partial charge in [0.15, 0.2) is 16.7 Å². The molecule has 25 heavy (non-hydrogen) atoms. The van der Waals surface area contributed by atoms with Crippen molar-refractivity contribution in [3.63, 3.8) is 0 Å². The van der Waals surface area contributed by atoms with Gasteiger partial charge in [0.05, 0.1) is 12.3 Å². The number of thioether (sulfide) groups is 1. The molecule has 1 amide bonds. The predicted octanol–water partition coefficient (Wildman–Crippen LogP) is 1.74. The molecule has 1 atom stereocenters. The smallest absolute Gasteiger partial charge is 0.230 e. The number of hydrogen-bond donors (Lipinski definition) is 1. The number of nitrogens with zero attached hydrogens (tertiary/aromatic N) is 3. The molecular formula is C17H20N4O3S. The van der Waals surface area contributed by atoms with Crippen LogP contribution in [0.15, 0.2) is 29.4 Å². The van der Waals surface area contributed by atoms with Crippen LogP contribution in [0.1, 0.15) is 24.6 Å². The first-order valence-corrected chi connectivity index (χ1v) is 9.36. The number of fused-ring (bicyclic) bond motifs is 1. The van der Waals surface area contributed by atoms with Crippen LogP contribution in [0.2, 0.25) is 0 Å². The molecule has 2 aromatic rings. The largest absolute Gasteiger partial charge is 0.486 e. The van der Waals surface area contributed by atoms with E-state index in [1.807, 2.05) is 35.9 Å². The van der Waals surface area contributed by atoms with Gasteiger partial charge in [0, 0.05) is 13.0 Å². The van der Waals surface area contributed by atoms with E-state index >= 15 is 0 Å². The Labute approximate surface area is 150 Å². The van der Waals surface area contributed by atoms with E-state index in [2.05, 4.69) is 15.5 Å². The van der Waals surface area contributed by atoms with Crippen molar-refractivity contribution in [3.8, 4) is 11.5 Å². The van der Waals surface area contributed by atoms with Gasteiger partial charge in [-0.15, -0.1) is 10.2 Å². The molecule has 1 saturated carbocycles. The van der Waals surface area contributed by atoms with Gasteiger partial charge in [0.1, 0.15) is 18.5 Å². The van der Waals surface area contributed by atoms with E-state index < -0.39 is 0 Å². The maximum atomic E-state index is 12.1. The molecule has 1 aliphatic carbocycles. The summed E-state index contributed by atoms with van der Waals surface area (Å²) in [4.78, 5) is 12.1. The van der Waals surface area contributed by atoms with Gasteiger partial charge in [-0.1, -0.05) is 23.9 Å². The molecule has 0 unspecified atom stereocenters. The fourth-order valence-electron chi connectivity index (χ4n) is 2.72. The van der Waals surface area contributed by atoms with Crippen LogP contribution in [0.3, 0.4) is 0 Å². The first kappa shape index (κ1) is 16.3. The van der Waals surface area contributed by atoms with Crippen LogP contribution in [0.4, 0.5) is 0 Å². The molecule has 0 saturated heterocycles. The summed E-state index contributed by atoms with van der Waals surface area (Å²) in [6, 6.07) is 7.54. The summed E-state index contributed by atoms with van der Waals surface area (Å²) in [5, 5.41) is 12.1. The average Bonchev–Trinajstić information content (AvgIpc) is 3.41. The van der Waals surface area contributed by atoms with E-state index in [-0.39, 0.29) is 12.0 Å². The fraction of sp³-hybridized carbons (Fsp3) is 0.471. The number of aromatic nitrogens is 3. The number of nitrogens with one attached hydrogen (secondary N) is 1. The number of carbonyl (C=O) groups excluding carboxylic acids is 1. The summed E-state index contributed by atoms with van der Waals surface area (Å²) < 4.78 is 13.5. The third-order valence-corrected chi connectivity index (χ3v) is 5.26. The van der Waals surface area contributed by atoms with Gasteiger partial charge >= 0.3 is 0 Å². The maximum absolute atomic E-state index is 12.1. The Kier molecular flexibility index (Phi) is 4.52. The van der Waals surface area contributed by atoms with Gasteiger partial charge < -0.3 is 19.4 Å². The third-order valence-electron chi connectivity index (χ3n) is 4.24. The van der Waals surface area contributed by atoms with Crippen LogP contribution in [0.25, 0.3) is 0 Å². The van der Waals surface area contributed by atoms with Crippen molar-refractivity contribution in [1.29, 1.82) is 0 Å². The number of amides is 1. The second-order valence-electron chi connectivity index (χ2n) is 6.26. The number of rotatable bonds is 6. The summed E-state index contributed by atoms with van der Waals surface area (Å²) in [6.45, 7) is 0.846. The van der Waals surface area contributed by atoms with Crippen LogP contribution in [-0.4, -0.2) is 45.7 Å². The summed E-state index contributed by atoms with van der Waals surface area (Å²) >= 11 is 1.40. The molecule has 2 heterocycles. The van der Waals surface area contributed by atoms with E-state index in [1.54, 1.807) is 0 Å². The maximum Gasteiger partial charge on any atom is 0.230 e. The lowest BCUT2D eigenvalue weighted by atomic mass is 10.2. The van der Waals surface area contributed by atoms with Crippen molar-refractivity contribution in [2.45, 2.75) is 30.0 Å². The van der Waals surface area contributed by atoms with Crippen molar-refractivity contribution in [2.75, 3.05) is 18.9 Å². The lowest BCUT2D eigenvalue weighted by Gasteiger charge is -2.26. The Balaban J connectivity index is 1.23. The van der Waals surface area contributed by atoms with E-state index in [0.29, 0.717) is 30.6 Å². The van der Waals surface area contributed by atoms with Crippen molar-refractivity contribution in [3.05, 3.63) is 30.1 Å². The Morgan fingerprint density at radius 1 is 1.32 bits per heavy atom. The summed E-state index contributed by atoms with van der Waals surface area (Å²) in [5.41, 5.74) is 0. The lowest BCUT2D eigenvalue weighted by Crippen LogP contribution is -2.41. The highest BCUT2D eigenvalue weighted by Crippen LogP contribution is 2.39. The molecule has 1 aromatic heterocycles. The van der Waals surface area contributed by atoms with Gasteiger partial charge in [0.25, 0.3) is 0 Å². The van der Waals surface area contributed by atoms with Gasteiger partial charge in [-0.05, 0) is 25.0 Å². The highest BCUT2D eigenvalue weighted by atomic mass is 32.2. The Bertz CT molecular complexity index is 775. The van der Waals surface area contributed by atoms with Gasteiger partial charge in [0.2, 0.25) is 5.91 Å². The molecule has 1 N–H and O–H groups in total. The first-order chi connectivity index (χ1) is 12.2. The molecule has 1 fully saturated rings. The normalized spacial score (nSPS) is 18.8. The second kappa shape index (κ2) is 6.95. The van der Waals surface area contributed by atoms with E-state index in [1.165, 1.54) is 24.6 Å². The molecule has 0 radical (unpaired) electrons. The quantitative estimate of drug-likeness (QED) is 0.791. The molecule has 132 valence electrons. The van der Waals surface area contributed by atoms with Crippen molar-refractivity contribution >= 4 is 17.7 Å². The fourth-order valence-corrected chi connectivity index (χ4v) is 3.47. The first-order valence-electron chi connectivity index (χ1n) is 8.38. The molecule has 1 aliphatic heterocycles. The highest BCUT2D eigenvalue weighted by molar-refractivity contribution is 7.99. The van der Waals surface area contributed by atoms with Crippen LogP contribution in [0, 0.1) is 0 Å². The minimum atomic E-state index is -0.180. The third kappa shape index (κ3) is 3.73. The summed E-state index contributed by atoms with van der Waals surface area (Å²) in [6.07, 6.45) is 2.19. The summed E-state index contributed by atoms with van der Waals surface area (Å²) in [7, 11) is 1.96. The zero-order chi connectivity index (χ0) is 17.2. The van der Waals surface area contributed by atoms with E-state index in [4.69, 9.17) is 9.47 Å². The van der Waals surface area contributed by atoms with E-state index in [9.17, 15) is 4.79 Å². The SMILES string of the molecule is Cn1c(SCC(=O)NC[C@H]2COc3ccccc3O2)nnc1C1CC1. The second-order valence-corrected chi connectivity index (χ2v) is 7.21. The highest BCUT2D eigenvalue weighted by Gasteiger charge is 2.29. The summed E-state index contributed by atoms with van der Waals surface area (Å²) in [5.74, 6) is 3.29. The van der Waals surface area contributed by atoms with Gasteiger partial charge in [-0.3, -0.25) is 4.79 Å². The number of carbonyl (C=O) groups is 1. The minimum absolute atomic E-state index is 0.0524. The van der Waals surface area contributed by atoms with Gasteiger partial charge in [-0.25, -0.2) is 0 Å². The molecule has 4 rings (SSSR count). The van der Waals surface area contributed by atoms with Crippen LogP contribution in [-0.2, 0) is 11.8 Å². The molecule has 8 heteroatoms. The number of benzene rings is 1. The van der Waals surface area contributed by atoms with E-state index in [0.717, 1.165) is 16.7 Å². The van der Waals surface area contributed by atoms with Crippen LogP contribution >= 0.6 is 11.8 Å². The van der Waals surface area contributed by atoms with Crippen LogP contribution in [0.5, 0.6) is 11.5 Å². The van der Waals surface area contributed by atoms with Crippen molar-refractivity contribution in [2.24, 2.45) is 7.05 Å². The molecule has 0 bridgehead atoms. The average molecular weight is 360 g/mol. The zero-order valence-corrected chi connectivity index (χ0v) is 14.8. The predicted molar refractivity (Wildman–Crippen MR) is 93.1 cm³/mol. The molecule has 1 aromatic carbocycles. The number of hydrogen-bond acceptors (Lipinski definition) is 6. The van der Waals surface area contributed by atoms with Crippen LogP contribution < -0.4 is 14.8 Å². The topological polar surface area (TPSA) is 78.3 Å². The standard InChI is InChI=1S/C17H20N4O3S/c1-21-16(11-6-7-11)19-20-17(21)25-10-15(22)18-8-12-9-23-13-4-2-3-5-14(13)24-12/h2-5,11-12H,6-10H2,1H3,(H,18,22)/t12-/m0/s1. The molecular weight excluding hydrogens is 340 g/mol. The molecule has 2 aliphatic rings. The zero-order valence-electron chi connectivity index (χ0n) is 14.0. The Hall–Kier alpha value is -2.22.